The standard InChI is InChI=1S/C20H20FNO3/c21-18-4-2-1-3-17(18)12-19(23)22-10-9-15(13-22)11-14-5-7-16(8-6-14)20(24)25/h1-8,15H,9-13H2,(H,24,25). The molecule has 0 aromatic heterocycles. The van der Waals surface area contributed by atoms with Gasteiger partial charge in [0.15, 0.2) is 0 Å². The Morgan fingerprint density at radius 1 is 1.12 bits per heavy atom. The second kappa shape index (κ2) is 7.47. The second-order valence-electron chi connectivity index (χ2n) is 6.47. The van der Waals surface area contributed by atoms with Gasteiger partial charge in [-0.1, -0.05) is 30.3 Å². The average molecular weight is 341 g/mol. The summed E-state index contributed by atoms with van der Waals surface area (Å²) in [7, 11) is 0. The van der Waals surface area contributed by atoms with Gasteiger partial charge in [0.05, 0.1) is 12.0 Å². The first-order valence-electron chi connectivity index (χ1n) is 8.36. The fourth-order valence-corrected chi connectivity index (χ4v) is 3.26. The van der Waals surface area contributed by atoms with Crippen LogP contribution in [-0.2, 0) is 17.6 Å². The van der Waals surface area contributed by atoms with E-state index in [4.69, 9.17) is 5.11 Å². The van der Waals surface area contributed by atoms with Crippen molar-refractivity contribution in [3.05, 3.63) is 71.0 Å². The molecular formula is C20H20FNO3. The number of carboxylic acid groups (broad SMARTS) is 1. The predicted octanol–water partition coefficient (Wildman–Crippen LogP) is 3.16. The molecular weight excluding hydrogens is 321 g/mol. The fourth-order valence-electron chi connectivity index (χ4n) is 3.26. The van der Waals surface area contributed by atoms with Crippen molar-refractivity contribution in [2.75, 3.05) is 13.1 Å². The van der Waals surface area contributed by atoms with Crippen LogP contribution in [0.25, 0.3) is 0 Å². The zero-order chi connectivity index (χ0) is 17.8. The molecule has 2 aromatic carbocycles. The molecule has 1 unspecified atom stereocenters. The molecule has 1 fully saturated rings. The van der Waals surface area contributed by atoms with Crippen LogP contribution in [0.3, 0.4) is 0 Å². The van der Waals surface area contributed by atoms with E-state index >= 15 is 0 Å². The molecule has 4 nitrogen and oxygen atoms in total. The van der Waals surface area contributed by atoms with Gasteiger partial charge in [-0.25, -0.2) is 9.18 Å². The highest BCUT2D eigenvalue weighted by Gasteiger charge is 2.26. The zero-order valence-corrected chi connectivity index (χ0v) is 13.8. The molecule has 1 amide bonds. The maximum atomic E-state index is 13.7. The summed E-state index contributed by atoms with van der Waals surface area (Å²) in [6, 6.07) is 13.2. The molecule has 25 heavy (non-hydrogen) atoms. The van der Waals surface area contributed by atoms with Crippen molar-refractivity contribution in [2.45, 2.75) is 19.3 Å². The lowest BCUT2D eigenvalue weighted by atomic mass is 9.98. The SMILES string of the molecule is O=C(O)c1ccc(CC2CCN(C(=O)Cc3ccccc3F)C2)cc1. The van der Waals surface area contributed by atoms with Gasteiger partial charge in [0, 0.05) is 13.1 Å². The van der Waals surface area contributed by atoms with Crippen LogP contribution >= 0.6 is 0 Å². The minimum Gasteiger partial charge on any atom is -0.478 e. The van der Waals surface area contributed by atoms with Gasteiger partial charge >= 0.3 is 5.97 Å². The van der Waals surface area contributed by atoms with Crippen LogP contribution < -0.4 is 0 Å². The summed E-state index contributed by atoms with van der Waals surface area (Å²) < 4.78 is 13.7. The Morgan fingerprint density at radius 2 is 1.84 bits per heavy atom. The summed E-state index contributed by atoms with van der Waals surface area (Å²) >= 11 is 0. The Kier molecular flexibility index (Phi) is 5.12. The van der Waals surface area contributed by atoms with Gasteiger partial charge in [-0.15, -0.1) is 0 Å². The number of likely N-dealkylation sites (tertiary alicyclic amines) is 1. The highest BCUT2D eigenvalue weighted by molar-refractivity contribution is 5.87. The molecule has 0 aliphatic carbocycles. The monoisotopic (exact) mass is 341 g/mol. The highest BCUT2D eigenvalue weighted by Crippen LogP contribution is 2.22. The summed E-state index contributed by atoms with van der Waals surface area (Å²) in [6.07, 6.45) is 1.81. The lowest BCUT2D eigenvalue weighted by Gasteiger charge is -2.17. The number of carbonyl (C=O) groups excluding carboxylic acids is 1. The van der Waals surface area contributed by atoms with E-state index in [0.29, 0.717) is 24.6 Å². The van der Waals surface area contributed by atoms with Crippen molar-refractivity contribution in [3.63, 3.8) is 0 Å². The van der Waals surface area contributed by atoms with Crippen molar-refractivity contribution in [1.82, 2.24) is 4.90 Å². The number of rotatable bonds is 5. The van der Waals surface area contributed by atoms with Crippen molar-refractivity contribution in [3.8, 4) is 0 Å². The average Bonchev–Trinajstić information content (AvgIpc) is 3.06. The number of amides is 1. The molecule has 5 heteroatoms. The first-order valence-corrected chi connectivity index (χ1v) is 8.36. The first-order chi connectivity index (χ1) is 12.0. The lowest BCUT2D eigenvalue weighted by molar-refractivity contribution is -0.129. The molecule has 0 spiro atoms. The number of hydrogen-bond acceptors (Lipinski definition) is 2. The lowest BCUT2D eigenvalue weighted by Crippen LogP contribution is -2.30. The van der Waals surface area contributed by atoms with Gasteiger partial charge < -0.3 is 10.0 Å². The van der Waals surface area contributed by atoms with Gasteiger partial charge in [-0.05, 0) is 48.1 Å². The number of benzene rings is 2. The van der Waals surface area contributed by atoms with E-state index in [9.17, 15) is 14.0 Å². The van der Waals surface area contributed by atoms with Gasteiger partial charge in [0.25, 0.3) is 0 Å². The third-order valence-electron chi connectivity index (χ3n) is 4.66. The van der Waals surface area contributed by atoms with Crippen molar-refractivity contribution >= 4 is 11.9 Å². The Hall–Kier alpha value is -2.69. The molecule has 2 aromatic rings. The van der Waals surface area contributed by atoms with Crippen molar-refractivity contribution < 1.29 is 19.1 Å². The van der Waals surface area contributed by atoms with E-state index in [1.165, 1.54) is 6.07 Å². The second-order valence-corrected chi connectivity index (χ2v) is 6.47. The Labute approximate surface area is 145 Å². The summed E-state index contributed by atoms with van der Waals surface area (Å²) in [4.78, 5) is 25.1. The molecule has 1 aliphatic heterocycles. The van der Waals surface area contributed by atoms with E-state index in [1.54, 1.807) is 35.2 Å². The van der Waals surface area contributed by atoms with Crippen LogP contribution in [0.15, 0.2) is 48.5 Å². The molecule has 0 radical (unpaired) electrons. The van der Waals surface area contributed by atoms with Crippen LogP contribution in [-0.4, -0.2) is 35.0 Å². The third-order valence-corrected chi connectivity index (χ3v) is 4.66. The van der Waals surface area contributed by atoms with E-state index in [1.807, 2.05) is 12.1 Å². The Bertz CT molecular complexity index is 773. The van der Waals surface area contributed by atoms with Gasteiger partial charge in [0.2, 0.25) is 5.91 Å². The quantitative estimate of drug-likeness (QED) is 0.909. The van der Waals surface area contributed by atoms with E-state index in [0.717, 1.165) is 18.4 Å². The van der Waals surface area contributed by atoms with Gasteiger partial charge in [-0.2, -0.15) is 0 Å². The highest BCUT2D eigenvalue weighted by atomic mass is 19.1. The van der Waals surface area contributed by atoms with Crippen LogP contribution in [0, 0.1) is 11.7 Å². The van der Waals surface area contributed by atoms with Crippen molar-refractivity contribution in [2.24, 2.45) is 5.92 Å². The zero-order valence-electron chi connectivity index (χ0n) is 13.8. The van der Waals surface area contributed by atoms with Crippen LogP contribution in [0.2, 0.25) is 0 Å². The molecule has 1 aliphatic rings. The summed E-state index contributed by atoms with van der Waals surface area (Å²) in [5, 5.41) is 8.93. The maximum Gasteiger partial charge on any atom is 0.335 e. The van der Waals surface area contributed by atoms with Gasteiger partial charge in [0.1, 0.15) is 5.82 Å². The number of halogens is 1. The molecule has 1 N–H and O–H groups in total. The number of aromatic carboxylic acids is 1. The number of hydrogen-bond donors (Lipinski definition) is 1. The van der Waals surface area contributed by atoms with E-state index in [2.05, 4.69) is 0 Å². The molecule has 0 bridgehead atoms. The summed E-state index contributed by atoms with van der Waals surface area (Å²) in [5.74, 6) is -0.975. The fraction of sp³-hybridized carbons (Fsp3) is 0.300. The number of carbonyl (C=O) groups is 2. The smallest absolute Gasteiger partial charge is 0.335 e. The van der Waals surface area contributed by atoms with Gasteiger partial charge in [-0.3, -0.25) is 4.79 Å². The summed E-state index contributed by atoms with van der Waals surface area (Å²) in [5.41, 5.74) is 1.77. The molecule has 1 heterocycles. The predicted molar refractivity (Wildman–Crippen MR) is 91.9 cm³/mol. The minimum absolute atomic E-state index is 0.0474. The maximum absolute atomic E-state index is 13.7. The normalized spacial score (nSPS) is 16.8. The Morgan fingerprint density at radius 3 is 2.52 bits per heavy atom. The van der Waals surface area contributed by atoms with E-state index < -0.39 is 5.97 Å². The minimum atomic E-state index is -0.933. The van der Waals surface area contributed by atoms with Crippen molar-refractivity contribution in [1.29, 1.82) is 0 Å². The largest absolute Gasteiger partial charge is 0.478 e. The molecule has 1 saturated heterocycles. The van der Waals surface area contributed by atoms with Crippen LogP contribution in [0.5, 0.6) is 0 Å². The number of nitrogens with zero attached hydrogens (tertiary/aromatic N) is 1. The first kappa shape index (κ1) is 17.1. The number of carboxylic acids is 1. The molecule has 1 atom stereocenters. The molecule has 130 valence electrons. The van der Waals surface area contributed by atoms with E-state index in [-0.39, 0.29) is 23.7 Å². The topological polar surface area (TPSA) is 57.6 Å². The third kappa shape index (κ3) is 4.24. The van der Waals surface area contributed by atoms with Crippen LogP contribution in [0.4, 0.5) is 4.39 Å². The van der Waals surface area contributed by atoms with Crippen LogP contribution in [0.1, 0.15) is 27.9 Å². The molecule has 3 rings (SSSR count). The summed E-state index contributed by atoms with van der Waals surface area (Å²) in [6.45, 7) is 1.35. The Balaban J connectivity index is 1.55. The molecule has 0 saturated carbocycles.